The topological polar surface area (TPSA) is 131 Å². The molecule has 39 heavy (non-hydrogen) atoms. The number of hydrogen-bond donors (Lipinski definition) is 2. The molecule has 0 fully saturated rings. The van der Waals surface area contributed by atoms with Crippen LogP contribution < -0.4 is 15.4 Å². The first kappa shape index (κ1) is 27.1. The summed E-state index contributed by atoms with van der Waals surface area (Å²) in [5, 5.41) is 5.60. The summed E-state index contributed by atoms with van der Waals surface area (Å²) in [4.78, 5) is 62.1. The van der Waals surface area contributed by atoms with Crippen LogP contribution in [0.5, 0.6) is 5.75 Å². The molecule has 200 valence electrons. The van der Waals surface area contributed by atoms with Crippen LogP contribution in [0.15, 0.2) is 72.8 Å². The third-order valence-electron chi connectivity index (χ3n) is 5.95. The van der Waals surface area contributed by atoms with Gasteiger partial charge in [-0.1, -0.05) is 24.3 Å². The minimum atomic E-state index is -0.813. The molecule has 0 saturated carbocycles. The van der Waals surface area contributed by atoms with E-state index < -0.39 is 6.16 Å². The Labute approximate surface area is 224 Å². The van der Waals surface area contributed by atoms with Crippen molar-refractivity contribution in [1.82, 2.24) is 10.2 Å². The molecule has 0 aromatic heterocycles. The molecule has 1 heterocycles. The highest BCUT2D eigenvalue weighted by molar-refractivity contribution is 6.21. The Kier molecular flexibility index (Phi) is 8.67. The predicted molar refractivity (Wildman–Crippen MR) is 141 cm³/mol. The number of anilines is 1. The first-order valence-electron chi connectivity index (χ1n) is 12.4. The van der Waals surface area contributed by atoms with Crippen molar-refractivity contribution < 1.29 is 33.4 Å². The molecule has 3 aromatic rings. The molecule has 0 spiro atoms. The molecule has 0 unspecified atom stereocenters. The van der Waals surface area contributed by atoms with Gasteiger partial charge in [0, 0.05) is 30.8 Å². The number of fused-ring (bicyclic) bond motifs is 1. The maximum atomic E-state index is 12.5. The molecule has 1 aliphatic rings. The number of imide groups is 1. The molecular formula is C29H27N3O7. The third-order valence-corrected chi connectivity index (χ3v) is 5.95. The van der Waals surface area contributed by atoms with Gasteiger partial charge in [-0.2, -0.15) is 0 Å². The van der Waals surface area contributed by atoms with Crippen LogP contribution in [0.25, 0.3) is 0 Å². The number of carbonyl (C=O) groups is 5. The van der Waals surface area contributed by atoms with Crippen molar-refractivity contribution in [2.45, 2.75) is 26.3 Å². The summed E-state index contributed by atoms with van der Waals surface area (Å²) >= 11 is 0. The summed E-state index contributed by atoms with van der Waals surface area (Å²) in [6.07, 6.45) is -0.282. The first-order valence-corrected chi connectivity index (χ1v) is 12.4. The van der Waals surface area contributed by atoms with Gasteiger partial charge in [-0.05, 0) is 67.4 Å². The molecule has 10 nitrogen and oxygen atoms in total. The molecule has 3 aromatic carbocycles. The Bertz CT molecular complexity index is 1350. The van der Waals surface area contributed by atoms with E-state index in [-0.39, 0.29) is 49.0 Å². The van der Waals surface area contributed by atoms with Crippen molar-refractivity contribution in [2.24, 2.45) is 0 Å². The average Bonchev–Trinajstić information content (AvgIpc) is 3.18. The highest BCUT2D eigenvalue weighted by Crippen LogP contribution is 2.22. The van der Waals surface area contributed by atoms with Gasteiger partial charge in [-0.15, -0.1) is 0 Å². The number of nitrogens with one attached hydrogen (secondary N) is 2. The van der Waals surface area contributed by atoms with Crippen LogP contribution in [0.4, 0.5) is 10.5 Å². The van der Waals surface area contributed by atoms with Gasteiger partial charge in [-0.3, -0.25) is 24.1 Å². The highest BCUT2D eigenvalue weighted by atomic mass is 16.7. The van der Waals surface area contributed by atoms with Crippen LogP contribution in [-0.4, -0.2) is 47.8 Å². The zero-order chi connectivity index (χ0) is 27.8. The smallest absolute Gasteiger partial charge is 0.434 e. The van der Waals surface area contributed by atoms with E-state index in [4.69, 9.17) is 9.47 Å². The number of carbonyl (C=O) groups excluding carboxylic acids is 5. The second kappa shape index (κ2) is 12.5. The summed E-state index contributed by atoms with van der Waals surface area (Å²) in [5.74, 6) is -0.928. The normalized spacial score (nSPS) is 12.1. The van der Waals surface area contributed by atoms with Crippen LogP contribution in [0.3, 0.4) is 0 Å². The Hall–Kier alpha value is -4.99. The molecule has 0 atom stereocenters. The van der Waals surface area contributed by atoms with Gasteiger partial charge in [0.1, 0.15) is 5.75 Å². The number of rotatable bonds is 10. The summed E-state index contributed by atoms with van der Waals surface area (Å²) < 4.78 is 9.68. The Balaban J connectivity index is 1.18. The summed E-state index contributed by atoms with van der Waals surface area (Å²) in [5.41, 5.74) is 2.57. The zero-order valence-electron chi connectivity index (χ0n) is 21.3. The largest absolute Gasteiger partial charge is 0.513 e. The fourth-order valence-electron chi connectivity index (χ4n) is 3.96. The summed E-state index contributed by atoms with van der Waals surface area (Å²) in [6.45, 7) is 2.34. The van der Waals surface area contributed by atoms with E-state index in [0.29, 0.717) is 35.3 Å². The molecule has 10 heteroatoms. The van der Waals surface area contributed by atoms with Crippen LogP contribution in [0.1, 0.15) is 56.4 Å². The lowest BCUT2D eigenvalue weighted by Crippen LogP contribution is -2.32. The van der Waals surface area contributed by atoms with Crippen molar-refractivity contribution in [3.63, 3.8) is 0 Å². The quantitative estimate of drug-likeness (QED) is 0.229. The van der Waals surface area contributed by atoms with Crippen molar-refractivity contribution in [1.29, 1.82) is 0 Å². The minimum absolute atomic E-state index is 0.172. The van der Waals surface area contributed by atoms with Gasteiger partial charge in [0.05, 0.1) is 17.7 Å². The SMILES string of the molecule is CCOC(=O)Oc1ccc(C(=O)Nc2ccc(CNC(=O)CCCN3C(=O)c4ccccc4C3=O)cc2)cc1. The maximum Gasteiger partial charge on any atom is 0.513 e. The fraction of sp³-hybridized carbons (Fsp3) is 0.207. The van der Waals surface area contributed by atoms with Crippen molar-refractivity contribution in [3.05, 3.63) is 95.1 Å². The molecule has 4 rings (SSSR count). The minimum Gasteiger partial charge on any atom is -0.434 e. The maximum absolute atomic E-state index is 12.5. The molecule has 0 saturated heterocycles. The van der Waals surface area contributed by atoms with Crippen LogP contribution >= 0.6 is 0 Å². The monoisotopic (exact) mass is 529 g/mol. The van der Waals surface area contributed by atoms with Gasteiger partial charge >= 0.3 is 6.16 Å². The molecule has 1 aliphatic heterocycles. The van der Waals surface area contributed by atoms with E-state index in [1.165, 1.54) is 29.2 Å². The fourth-order valence-corrected chi connectivity index (χ4v) is 3.96. The van der Waals surface area contributed by atoms with Gasteiger partial charge in [-0.25, -0.2) is 4.79 Å². The van der Waals surface area contributed by atoms with E-state index in [1.54, 1.807) is 55.5 Å². The van der Waals surface area contributed by atoms with E-state index >= 15 is 0 Å². The molecule has 4 amide bonds. The molecule has 2 N–H and O–H groups in total. The number of nitrogens with zero attached hydrogens (tertiary/aromatic N) is 1. The van der Waals surface area contributed by atoms with Crippen LogP contribution in [0.2, 0.25) is 0 Å². The number of hydrogen-bond acceptors (Lipinski definition) is 7. The molecule has 0 aliphatic carbocycles. The average molecular weight is 530 g/mol. The Morgan fingerprint density at radius 3 is 2.10 bits per heavy atom. The summed E-state index contributed by atoms with van der Waals surface area (Å²) in [7, 11) is 0. The van der Waals surface area contributed by atoms with Crippen LogP contribution in [-0.2, 0) is 16.1 Å². The van der Waals surface area contributed by atoms with Crippen molar-refractivity contribution in [3.8, 4) is 5.75 Å². The number of benzene rings is 3. The van der Waals surface area contributed by atoms with E-state index in [2.05, 4.69) is 10.6 Å². The van der Waals surface area contributed by atoms with Crippen molar-refractivity contribution >= 4 is 35.5 Å². The standard InChI is InChI=1S/C29H27N3O7/c1-2-38-29(37)39-22-15-11-20(12-16-22)26(34)31-21-13-9-19(10-14-21)18-30-25(33)8-5-17-32-27(35)23-6-3-4-7-24(23)28(32)36/h3-4,6-7,9-16H,2,5,8,17-18H2,1H3,(H,30,33)(H,31,34). The second-order valence-electron chi connectivity index (χ2n) is 8.65. The van der Waals surface area contributed by atoms with Gasteiger partial charge in [0.25, 0.3) is 17.7 Å². The highest BCUT2D eigenvalue weighted by Gasteiger charge is 2.34. The summed E-state index contributed by atoms with van der Waals surface area (Å²) in [6, 6.07) is 19.7. The first-order chi connectivity index (χ1) is 18.9. The molecule has 0 bridgehead atoms. The third kappa shape index (κ3) is 6.86. The van der Waals surface area contributed by atoms with E-state index in [1.807, 2.05) is 0 Å². The number of amides is 4. The lowest BCUT2D eigenvalue weighted by Gasteiger charge is -2.13. The zero-order valence-corrected chi connectivity index (χ0v) is 21.3. The van der Waals surface area contributed by atoms with Gasteiger partial charge in [0.15, 0.2) is 0 Å². The van der Waals surface area contributed by atoms with Gasteiger partial charge in [0.2, 0.25) is 5.91 Å². The molecular weight excluding hydrogens is 502 g/mol. The van der Waals surface area contributed by atoms with Gasteiger partial charge < -0.3 is 20.1 Å². The van der Waals surface area contributed by atoms with Crippen molar-refractivity contribution in [2.75, 3.05) is 18.5 Å². The Morgan fingerprint density at radius 2 is 1.49 bits per heavy atom. The van der Waals surface area contributed by atoms with Crippen LogP contribution in [0, 0.1) is 0 Å². The number of ether oxygens (including phenoxy) is 2. The lowest BCUT2D eigenvalue weighted by atomic mass is 10.1. The lowest BCUT2D eigenvalue weighted by molar-refractivity contribution is -0.121. The van der Waals surface area contributed by atoms with E-state index in [9.17, 15) is 24.0 Å². The predicted octanol–water partition coefficient (Wildman–Crippen LogP) is 4.17. The molecule has 0 radical (unpaired) electrons. The second-order valence-corrected chi connectivity index (χ2v) is 8.65. The van der Waals surface area contributed by atoms with E-state index in [0.717, 1.165) is 5.56 Å². The Morgan fingerprint density at radius 1 is 0.846 bits per heavy atom.